The Morgan fingerprint density at radius 1 is 1.32 bits per heavy atom. The molecule has 0 atom stereocenters. The van der Waals surface area contributed by atoms with E-state index in [1.54, 1.807) is 13.8 Å². The highest BCUT2D eigenvalue weighted by atomic mass is 79.9. The summed E-state index contributed by atoms with van der Waals surface area (Å²) in [4.78, 5) is 11.9. The van der Waals surface area contributed by atoms with Crippen molar-refractivity contribution in [2.75, 3.05) is 5.33 Å². The van der Waals surface area contributed by atoms with Crippen molar-refractivity contribution < 1.29 is 18.0 Å². The van der Waals surface area contributed by atoms with E-state index in [2.05, 4.69) is 37.2 Å². The molecule has 0 saturated carbocycles. The van der Waals surface area contributed by atoms with E-state index in [0.29, 0.717) is 5.33 Å². The normalized spacial score (nSPS) is 12.4. The first-order valence-corrected chi connectivity index (χ1v) is 7.23. The van der Waals surface area contributed by atoms with Gasteiger partial charge in [-0.3, -0.25) is 4.79 Å². The largest absolute Gasteiger partial charge is 0.417 e. The summed E-state index contributed by atoms with van der Waals surface area (Å²) < 4.78 is 38.1. The molecule has 0 unspecified atom stereocenters. The van der Waals surface area contributed by atoms with E-state index in [-0.39, 0.29) is 10.0 Å². The molecule has 1 N–H and O–H groups in total. The van der Waals surface area contributed by atoms with Gasteiger partial charge in [0.15, 0.2) is 0 Å². The highest BCUT2D eigenvalue weighted by molar-refractivity contribution is 9.10. The van der Waals surface area contributed by atoms with Crippen LogP contribution in [0.3, 0.4) is 0 Å². The number of carbonyl (C=O) groups is 1. The molecule has 1 aromatic rings. The first kappa shape index (κ1) is 16.5. The summed E-state index contributed by atoms with van der Waals surface area (Å²) in [5.74, 6) is -0.539. The Balaban J connectivity index is 3.07. The predicted octanol–water partition coefficient (Wildman–Crippen LogP) is 4.37. The van der Waals surface area contributed by atoms with Gasteiger partial charge in [-0.2, -0.15) is 13.2 Å². The lowest BCUT2D eigenvalue weighted by Crippen LogP contribution is -2.44. The maximum atomic E-state index is 12.7. The molecule has 1 rings (SSSR count). The number of carbonyl (C=O) groups excluding carboxylic acids is 1. The van der Waals surface area contributed by atoms with Crippen LogP contribution >= 0.6 is 31.9 Å². The number of hydrogen-bond donors (Lipinski definition) is 1. The fraction of sp³-hybridized carbons (Fsp3) is 0.417. The summed E-state index contributed by atoms with van der Waals surface area (Å²) in [7, 11) is 0. The third kappa shape index (κ3) is 4.49. The first-order valence-electron chi connectivity index (χ1n) is 5.32. The van der Waals surface area contributed by atoms with Crippen molar-refractivity contribution in [3.8, 4) is 0 Å². The minimum atomic E-state index is -4.50. The number of benzene rings is 1. The third-order valence-electron chi connectivity index (χ3n) is 2.32. The second-order valence-electron chi connectivity index (χ2n) is 4.66. The predicted molar refractivity (Wildman–Crippen MR) is 74.5 cm³/mol. The van der Waals surface area contributed by atoms with Gasteiger partial charge in [0.1, 0.15) is 0 Å². The number of amides is 1. The number of rotatable bonds is 3. The monoisotopic (exact) mass is 401 g/mol. The molecule has 0 fully saturated rings. The molecule has 1 aromatic carbocycles. The fourth-order valence-corrected chi connectivity index (χ4v) is 1.91. The summed E-state index contributed by atoms with van der Waals surface area (Å²) in [6, 6.07) is 3.40. The van der Waals surface area contributed by atoms with Gasteiger partial charge in [0, 0.05) is 20.9 Å². The molecule has 1 amide bonds. The molecule has 0 aliphatic carbocycles. The quantitative estimate of drug-likeness (QED) is 0.747. The Labute approximate surface area is 126 Å². The molecule has 0 radical (unpaired) electrons. The first-order chi connectivity index (χ1) is 8.57. The zero-order chi connectivity index (χ0) is 14.8. The van der Waals surface area contributed by atoms with Crippen LogP contribution in [0.4, 0.5) is 13.2 Å². The minimum absolute atomic E-state index is 0.0236. The Morgan fingerprint density at radius 3 is 2.37 bits per heavy atom. The van der Waals surface area contributed by atoms with Crippen molar-refractivity contribution in [3.63, 3.8) is 0 Å². The van der Waals surface area contributed by atoms with Crippen LogP contribution < -0.4 is 5.32 Å². The molecule has 106 valence electrons. The van der Waals surface area contributed by atoms with Gasteiger partial charge in [-0.25, -0.2) is 0 Å². The van der Waals surface area contributed by atoms with Crippen molar-refractivity contribution in [1.82, 2.24) is 5.32 Å². The van der Waals surface area contributed by atoms with Gasteiger partial charge in [-0.05, 0) is 32.0 Å². The molecular weight excluding hydrogens is 391 g/mol. The molecule has 0 spiro atoms. The zero-order valence-electron chi connectivity index (χ0n) is 10.2. The van der Waals surface area contributed by atoms with Gasteiger partial charge in [0.05, 0.1) is 5.56 Å². The lowest BCUT2D eigenvalue weighted by molar-refractivity contribution is -0.138. The maximum Gasteiger partial charge on any atom is 0.417 e. The molecule has 0 bridgehead atoms. The molecule has 0 aliphatic rings. The Kier molecular flexibility index (Phi) is 5.06. The maximum absolute atomic E-state index is 12.7. The van der Waals surface area contributed by atoms with Crippen molar-refractivity contribution in [2.24, 2.45) is 0 Å². The van der Waals surface area contributed by atoms with E-state index in [0.717, 1.165) is 6.07 Å². The van der Waals surface area contributed by atoms with Crippen LogP contribution in [0.15, 0.2) is 22.7 Å². The summed E-state index contributed by atoms with van der Waals surface area (Å²) >= 11 is 6.06. The van der Waals surface area contributed by atoms with E-state index in [4.69, 9.17) is 0 Å². The lowest BCUT2D eigenvalue weighted by atomic mass is 10.1. The van der Waals surface area contributed by atoms with Crippen LogP contribution in [0.25, 0.3) is 0 Å². The Morgan fingerprint density at radius 2 is 1.89 bits per heavy atom. The molecule has 0 aromatic heterocycles. The van der Waals surface area contributed by atoms with E-state index in [1.807, 2.05) is 0 Å². The topological polar surface area (TPSA) is 29.1 Å². The van der Waals surface area contributed by atoms with Gasteiger partial charge in [0.2, 0.25) is 0 Å². The van der Waals surface area contributed by atoms with Crippen LogP contribution in [-0.2, 0) is 6.18 Å². The van der Waals surface area contributed by atoms with Crippen LogP contribution in [0.1, 0.15) is 29.8 Å². The van der Waals surface area contributed by atoms with Gasteiger partial charge in [-0.1, -0.05) is 31.9 Å². The molecule has 2 nitrogen and oxygen atoms in total. The number of halogens is 5. The highest BCUT2D eigenvalue weighted by Gasteiger charge is 2.33. The third-order valence-corrected chi connectivity index (χ3v) is 4.41. The summed E-state index contributed by atoms with van der Waals surface area (Å²) in [6.07, 6.45) is -4.50. The Bertz CT molecular complexity index is 486. The molecule has 0 aliphatic heterocycles. The van der Waals surface area contributed by atoms with Crippen molar-refractivity contribution in [1.29, 1.82) is 0 Å². The summed E-state index contributed by atoms with van der Waals surface area (Å²) in [5, 5.41) is 3.15. The summed E-state index contributed by atoms with van der Waals surface area (Å²) in [5.41, 5.74) is -1.43. The zero-order valence-corrected chi connectivity index (χ0v) is 13.4. The molecule has 0 heterocycles. The fourth-order valence-electron chi connectivity index (χ4n) is 1.30. The number of nitrogens with one attached hydrogen (secondary N) is 1. The van der Waals surface area contributed by atoms with Crippen LogP contribution in [0.5, 0.6) is 0 Å². The van der Waals surface area contributed by atoms with Gasteiger partial charge >= 0.3 is 6.18 Å². The molecule has 0 saturated heterocycles. The molecule has 7 heteroatoms. The second kappa shape index (κ2) is 5.83. The van der Waals surface area contributed by atoms with E-state index in [9.17, 15) is 18.0 Å². The van der Waals surface area contributed by atoms with E-state index >= 15 is 0 Å². The number of hydrogen-bond acceptors (Lipinski definition) is 1. The van der Waals surface area contributed by atoms with Crippen molar-refractivity contribution >= 4 is 37.8 Å². The molecule has 19 heavy (non-hydrogen) atoms. The standard InChI is InChI=1S/C12H12Br2F3NO/c1-11(2,6-13)18-10(19)7-3-4-9(14)8(5-7)12(15,16)17/h3-5H,6H2,1-2H3,(H,18,19). The van der Waals surface area contributed by atoms with Gasteiger partial charge in [0.25, 0.3) is 5.91 Å². The van der Waals surface area contributed by atoms with Crippen LogP contribution in [0.2, 0.25) is 0 Å². The lowest BCUT2D eigenvalue weighted by Gasteiger charge is -2.23. The second-order valence-corrected chi connectivity index (χ2v) is 6.08. The van der Waals surface area contributed by atoms with Crippen LogP contribution in [0, 0.1) is 0 Å². The average molecular weight is 403 g/mol. The van der Waals surface area contributed by atoms with E-state index in [1.165, 1.54) is 12.1 Å². The minimum Gasteiger partial charge on any atom is -0.346 e. The number of alkyl halides is 4. The van der Waals surface area contributed by atoms with Gasteiger partial charge < -0.3 is 5.32 Å². The SMILES string of the molecule is CC(C)(CBr)NC(=O)c1ccc(Br)c(C(F)(F)F)c1. The molecular formula is C12H12Br2F3NO. The smallest absolute Gasteiger partial charge is 0.346 e. The Hall–Kier alpha value is -0.560. The van der Waals surface area contributed by atoms with Crippen LogP contribution in [-0.4, -0.2) is 16.8 Å². The van der Waals surface area contributed by atoms with Crippen molar-refractivity contribution in [2.45, 2.75) is 25.6 Å². The van der Waals surface area contributed by atoms with Gasteiger partial charge in [-0.15, -0.1) is 0 Å². The van der Waals surface area contributed by atoms with E-state index < -0.39 is 23.2 Å². The summed E-state index contributed by atoms with van der Waals surface area (Å²) in [6.45, 7) is 3.53. The highest BCUT2D eigenvalue weighted by Crippen LogP contribution is 2.35. The average Bonchev–Trinajstić information content (AvgIpc) is 2.27. The van der Waals surface area contributed by atoms with Crippen molar-refractivity contribution in [3.05, 3.63) is 33.8 Å².